The summed E-state index contributed by atoms with van der Waals surface area (Å²) in [5.41, 5.74) is 1.19. The Hall–Kier alpha value is -1.82. The monoisotopic (exact) mass is 279 g/mol. The first-order chi connectivity index (χ1) is 9.22. The van der Waals surface area contributed by atoms with Gasteiger partial charge in [0, 0.05) is 18.1 Å². The van der Waals surface area contributed by atoms with E-state index in [-0.39, 0.29) is 0 Å². The van der Waals surface area contributed by atoms with Crippen molar-refractivity contribution in [2.24, 2.45) is 0 Å². The number of methoxy groups -OCH3 is 2. The van der Waals surface area contributed by atoms with Crippen molar-refractivity contribution < 1.29 is 9.47 Å². The molecule has 1 aromatic carbocycles. The van der Waals surface area contributed by atoms with Gasteiger partial charge in [0.2, 0.25) is 5.13 Å². The molecule has 102 valence electrons. The lowest BCUT2D eigenvalue weighted by Gasteiger charge is -2.09. The SMILES string of the molecule is COc1ccc(CCNc2nc(C)ns2)cc1OC. The third-order valence-corrected chi connectivity index (χ3v) is 3.43. The van der Waals surface area contributed by atoms with E-state index < -0.39 is 0 Å². The number of hydrogen-bond acceptors (Lipinski definition) is 6. The van der Waals surface area contributed by atoms with Gasteiger partial charge in [0.15, 0.2) is 11.5 Å². The maximum atomic E-state index is 5.28. The average molecular weight is 279 g/mol. The molecule has 1 heterocycles. The summed E-state index contributed by atoms with van der Waals surface area (Å²) in [6.07, 6.45) is 0.888. The van der Waals surface area contributed by atoms with Crippen LogP contribution in [0.25, 0.3) is 0 Å². The second-order valence-electron chi connectivity index (χ2n) is 4.01. The van der Waals surface area contributed by atoms with Crippen LogP contribution in [0.15, 0.2) is 18.2 Å². The molecule has 1 N–H and O–H groups in total. The summed E-state index contributed by atoms with van der Waals surface area (Å²) in [5.74, 6) is 2.31. The Morgan fingerprint density at radius 1 is 1.21 bits per heavy atom. The van der Waals surface area contributed by atoms with Crippen LogP contribution in [0.3, 0.4) is 0 Å². The molecule has 0 radical (unpaired) electrons. The summed E-state index contributed by atoms with van der Waals surface area (Å²) in [6, 6.07) is 5.95. The van der Waals surface area contributed by atoms with Crippen molar-refractivity contribution in [3.63, 3.8) is 0 Å². The van der Waals surface area contributed by atoms with Crippen molar-refractivity contribution in [3.8, 4) is 11.5 Å². The van der Waals surface area contributed by atoms with Gasteiger partial charge in [0.1, 0.15) is 5.82 Å². The summed E-state index contributed by atoms with van der Waals surface area (Å²) in [7, 11) is 3.28. The molecule has 1 aromatic heterocycles. The molecular formula is C13H17N3O2S. The van der Waals surface area contributed by atoms with E-state index in [4.69, 9.17) is 9.47 Å². The standard InChI is InChI=1S/C13H17N3O2S/c1-9-15-13(19-16-9)14-7-6-10-4-5-11(17-2)12(8-10)18-3/h4-5,8H,6-7H2,1-3H3,(H,14,15,16). The highest BCUT2D eigenvalue weighted by Gasteiger charge is 2.05. The highest BCUT2D eigenvalue weighted by atomic mass is 32.1. The zero-order valence-corrected chi connectivity index (χ0v) is 12.1. The maximum absolute atomic E-state index is 5.28. The quantitative estimate of drug-likeness (QED) is 0.880. The molecule has 5 nitrogen and oxygen atoms in total. The zero-order valence-electron chi connectivity index (χ0n) is 11.3. The van der Waals surface area contributed by atoms with E-state index in [9.17, 15) is 0 Å². The van der Waals surface area contributed by atoms with Crippen molar-refractivity contribution in [1.82, 2.24) is 9.36 Å². The molecule has 19 heavy (non-hydrogen) atoms. The third kappa shape index (κ3) is 3.57. The van der Waals surface area contributed by atoms with Gasteiger partial charge >= 0.3 is 0 Å². The van der Waals surface area contributed by atoms with Crippen molar-refractivity contribution >= 4 is 16.7 Å². The van der Waals surface area contributed by atoms with E-state index >= 15 is 0 Å². The number of ether oxygens (including phenoxy) is 2. The molecule has 2 rings (SSSR count). The Morgan fingerprint density at radius 2 is 2.00 bits per heavy atom. The normalized spacial score (nSPS) is 10.3. The summed E-state index contributed by atoms with van der Waals surface area (Å²) in [5, 5.41) is 4.11. The van der Waals surface area contributed by atoms with Crippen LogP contribution in [-0.4, -0.2) is 30.1 Å². The largest absolute Gasteiger partial charge is 0.493 e. The second-order valence-corrected chi connectivity index (χ2v) is 4.76. The van der Waals surface area contributed by atoms with E-state index in [1.54, 1.807) is 14.2 Å². The predicted octanol–water partition coefficient (Wildman–Crippen LogP) is 2.52. The highest BCUT2D eigenvalue weighted by Crippen LogP contribution is 2.27. The minimum Gasteiger partial charge on any atom is -0.493 e. The zero-order chi connectivity index (χ0) is 13.7. The van der Waals surface area contributed by atoms with Crippen LogP contribution in [0.1, 0.15) is 11.4 Å². The van der Waals surface area contributed by atoms with E-state index in [1.807, 2.05) is 25.1 Å². The number of benzene rings is 1. The molecular weight excluding hydrogens is 262 g/mol. The summed E-state index contributed by atoms with van der Waals surface area (Å²) in [4.78, 5) is 4.25. The lowest BCUT2D eigenvalue weighted by atomic mass is 10.1. The van der Waals surface area contributed by atoms with Crippen molar-refractivity contribution in [1.29, 1.82) is 0 Å². The number of nitrogens with zero attached hydrogens (tertiary/aromatic N) is 2. The molecule has 6 heteroatoms. The van der Waals surface area contributed by atoms with Crippen LogP contribution in [0.5, 0.6) is 11.5 Å². The molecule has 0 bridgehead atoms. The smallest absolute Gasteiger partial charge is 0.202 e. The molecule has 2 aromatic rings. The summed E-state index contributed by atoms with van der Waals surface area (Å²) in [6.45, 7) is 2.69. The van der Waals surface area contributed by atoms with Gasteiger partial charge in [-0.1, -0.05) is 6.07 Å². The van der Waals surface area contributed by atoms with Crippen molar-refractivity contribution in [2.75, 3.05) is 26.1 Å². The van der Waals surface area contributed by atoms with Gasteiger partial charge in [0.05, 0.1) is 14.2 Å². The van der Waals surface area contributed by atoms with E-state index in [2.05, 4.69) is 14.7 Å². The molecule has 0 fully saturated rings. The number of anilines is 1. The molecule has 0 aliphatic carbocycles. The van der Waals surface area contributed by atoms with Crippen LogP contribution in [0.2, 0.25) is 0 Å². The fourth-order valence-corrected chi connectivity index (χ4v) is 2.32. The van der Waals surface area contributed by atoms with Crippen molar-refractivity contribution in [2.45, 2.75) is 13.3 Å². The van der Waals surface area contributed by atoms with Crippen LogP contribution >= 0.6 is 11.5 Å². The fraction of sp³-hybridized carbons (Fsp3) is 0.385. The van der Waals surface area contributed by atoms with Crippen LogP contribution in [0.4, 0.5) is 5.13 Å². The van der Waals surface area contributed by atoms with Crippen molar-refractivity contribution in [3.05, 3.63) is 29.6 Å². The first kappa shape index (κ1) is 13.6. The second kappa shape index (κ2) is 6.38. The Balaban J connectivity index is 1.92. The van der Waals surface area contributed by atoms with Gasteiger partial charge < -0.3 is 14.8 Å². The van der Waals surface area contributed by atoms with Gasteiger partial charge in [-0.2, -0.15) is 4.37 Å². The number of aryl methyl sites for hydroxylation is 1. The van der Waals surface area contributed by atoms with Crippen LogP contribution < -0.4 is 14.8 Å². The van der Waals surface area contributed by atoms with E-state index in [0.29, 0.717) is 0 Å². The number of hydrogen-bond donors (Lipinski definition) is 1. The molecule has 0 aliphatic rings. The van der Waals surface area contributed by atoms with E-state index in [1.165, 1.54) is 17.1 Å². The topological polar surface area (TPSA) is 56.3 Å². The minimum atomic E-state index is 0.749. The third-order valence-electron chi connectivity index (χ3n) is 2.67. The molecule has 0 saturated heterocycles. The number of aromatic nitrogens is 2. The summed E-state index contributed by atoms with van der Waals surface area (Å²) >= 11 is 1.38. The van der Waals surface area contributed by atoms with Gasteiger partial charge in [-0.05, 0) is 31.0 Å². The molecule has 0 amide bonds. The lowest BCUT2D eigenvalue weighted by Crippen LogP contribution is -2.05. The van der Waals surface area contributed by atoms with Crippen LogP contribution in [-0.2, 0) is 6.42 Å². The molecule has 0 aliphatic heterocycles. The van der Waals surface area contributed by atoms with E-state index in [0.717, 1.165) is 35.4 Å². The highest BCUT2D eigenvalue weighted by molar-refractivity contribution is 7.09. The number of nitrogens with one attached hydrogen (secondary N) is 1. The van der Waals surface area contributed by atoms with Gasteiger partial charge in [-0.15, -0.1) is 0 Å². The summed E-state index contributed by atoms with van der Waals surface area (Å²) < 4.78 is 14.6. The predicted molar refractivity (Wildman–Crippen MR) is 76.4 cm³/mol. The average Bonchev–Trinajstić information content (AvgIpc) is 2.84. The lowest BCUT2D eigenvalue weighted by molar-refractivity contribution is 0.354. The fourth-order valence-electron chi connectivity index (χ4n) is 1.72. The maximum Gasteiger partial charge on any atom is 0.202 e. The molecule has 0 unspecified atom stereocenters. The Morgan fingerprint density at radius 3 is 2.63 bits per heavy atom. The first-order valence-electron chi connectivity index (χ1n) is 5.98. The first-order valence-corrected chi connectivity index (χ1v) is 6.75. The molecule has 0 saturated carbocycles. The van der Waals surface area contributed by atoms with Crippen LogP contribution in [0, 0.1) is 6.92 Å². The minimum absolute atomic E-state index is 0.749. The Kier molecular flexibility index (Phi) is 4.57. The van der Waals surface area contributed by atoms with Gasteiger partial charge in [0.25, 0.3) is 0 Å². The number of rotatable bonds is 6. The Bertz CT molecular complexity index is 542. The molecule has 0 atom stereocenters. The van der Waals surface area contributed by atoms with Gasteiger partial charge in [-0.3, -0.25) is 0 Å². The van der Waals surface area contributed by atoms with Gasteiger partial charge in [-0.25, -0.2) is 4.98 Å². The molecule has 0 spiro atoms. The Labute approximate surface area is 116 Å².